The van der Waals surface area contributed by atoms with Crippen molar-refractivity contribution in [3.8, 4) is 0 Å². The predicted molar refractivity (Wildman–Crippen MR) is 76.5 cm³/mol. The van der Waals surface area contributed by atoms with Crippen molar-refractivity contribution in [1.82, 2.24) is 9.55 Å². The van der Waals surface area contributed by atoms with Crippen LogP contribution < -0.4 is 11.5 Å². The lowest BCUT2D eigenvalue weighted by atomic mass is 9.93. The second kappa shape index (κ2) is 4.41. The first-order chi connectivity index (χ1) is 7.45. The average molecular weight is 446 g/mol. The average Bonchev–Trinajstić information content (AvgIpc) is 3.02. The minimum Gasteiger partial charge on any atom is -0.368 e. The van der Waals surface area contributed by atoms with Gasteiger partial charge in [-0.1, -0.05) is 0 Å². The van der Waals surface area contributed by atoms with Gasteiger partial charge in [-0.3, -0.25) is 4.79 Å². The van der Waals surface area contributed by atoms with Crippen LogP contribution in [0.15, 0.2) is 6.33 Å². The van der Waals surface area contributed by atoms with Gasteiger partial charge in [-0.05, 0) is 63.9 Å². The largest absolute Gasteiger partial charge is 0.368 e. The van der Waals surface area contributed by atoms with E-state index in [1.807, 2.05) is 4.57 Å². The number of aromatic nitrogens is 2. The molecule has 1 saturated carbocycles. The van der Waals surface area contributed by atoms with Gasteiger partial charge in [-0.2, -0.15) is 0 Å². The van der Waals surface area contributed by atoms with E-state index in [2.05, 4.69) is 50.2 Å². The van der Waals surface area contributed by atoms with E-state index in [-0.39, 0.29) is 5.92 Å². The summed E-state index contributed by atoms with van der Waals surface area (Å²) in [5.41, 5.74) is 10.6. The number of carbonyl (C=O) groups is 1. The number of halogens is 2. The SMILES string of the molecule is NC(=O)C(N)(Cn1cnc(I)c1I)C1CC1. The van der Waals surface area contributed by atoms with Crippen LogP contribution in [0.1, 0.15) is 12.8 Å². The number of nitrogens with two attached hydrogens (primary N) is 2. The van der Waals surface area contributed by atoms with Crippen LogP contribution in [-0.4, -0.2) is 21.0 Å². The first-order valence-electron chi connectivity index (χ1n) is 4.90. The van der Waals surface area contributed by atoms with E-state index in [9.17, 15) is 4.79 Å². The Hall–Kier alpha value is 0.100. The normalized spacial score (nSPS) is 19.4. The number of imidazole rings is 1. The first-order valence-corrected chi connectivity index (χ1v) is 7.06. The molecule has 1 heterocycles. The van der Waals surface area contributed by atoms with E-state index < -0.39 is 11.4 Å². The van der Waals surface area contributed by atoms with Crippen LogP contribution in [0.3, 0.4) is 0 Å². The molecule has 2 rings (SSSR count). The predicted octanol–water partition coefficient (Wildman–Crippen LogP) is 0.685. The summed E-state index contributed by atoms with van der Waals surface area (Å²) in [6, 6.07) is 0. The number of primary amides is 1. The molecule has 1 aliphatic rings. The zero-order valence-corrected chi connectivity index (χ0v) is 12.8. The molecule has 1 aromatic rings. The summed E-state index contributed by atoms with van der Waals surface area (Å²) in [4.78, 5) is 15.7. The van der Waals surface area contributed by atoms with Crippen molar-refractivity contribution in [2.24, 2.45) is 17.4 Å². The van der Waals surface area contributed by atoms with Gasteiger partial charge in [0.1, 0.15) is 12.9 Å². The van der Waals surface area contributed by atoms with Gasteiger partial charge in [-0.25, -0.2) is 4.98 Å². The van der Waals surface area contributed by atoms with Crippen molar-refractivity contribution in [2.75, 3.05) is 0 Å². The van der Waals surface area contributed by atoms with Gasteiger partial charge < -0.3 is 16.0 Å². The molecule has 16 heavy (non-hydrogen) atoms. The van der Waals surface area contributed by atoms with E-state index in [4.69, 9.17) is 11.5 Å². The van der Waals surface area contributed by atoms with Crippen LogP contribution in [0.2, 0.25) is 0 Å². The Morgan fingerprint density at radius 1 is 1.62 bits per heavy atom. The van der Waals surface area contributed by atoms with Crippen molar-refractivity contribution >= 4 is 51.1 Å². The Labute approximate surface area is 121 Å². The number of amides is 1. The van der Waals surface area contributed by atoms with Gasteiger partial charge >= 0.3 is 0 Å². The standard InChI is InChI=1S/C9H12I2N4O/c10-6-7(11)15(4-14-6)3-9(13,8(12)16)5-1-2-5/h4-5H,1-3,13H2,(H2,12,16). The van der Waals surface area contributed by atoms with Crippen molar-refractivity contribution in [1.29, 1.82) is 0 Å². The maximum atomic E-state index is 11.5. The molecule has 0 spiro atoms. The van der Waals surface area contributed by atoms with E-state index in [0.29, 0.717) is 6.54 Å². The Balaban J connectivity index is 2.24. The third-order valence-electron chi connectivity index (χ3n) is 2.93. The summed E-state index contributed by atoms with van der Waals surface area (Å²) in [6.07, 6.45) is 3.68. The molecular weight excluding hydrogens is 434 g/mol. The molecule has 0 aromatic carbocycles. The molecule has 0 aliphatic heterocycles. The third-order valence-corrected chi connectivity index (χ3v) is 5.88. The van der Waals surface area contributed by atoms with Crippen LogP contribution in [0.5, 0.6) is 0 Å². The molecule has 0 saturated heterocycles. The monoisotopic (exact) mass is 446 g/mol. The lowest BCUT2D eigenvalue weighted by molar-refractivity contribution is -0.124. The smallest absolute Gasteiger partial charge is 0.239 e. The van der Waals surface area contributed by atoms with Crippen molar-refractivity contribution < 1.29 is 4.79 Å². The molecule has 88 valence electrons. The highest BCUT2D eigenvalue weighted by Gasteiger charge is 2.47. The highest BCUT2D eigenvalue weighted by atomic mass is 127. The summed E-state index contributed by atoms with van der Waals surface area (Å²) < 4.78 is 3.81. The topological polar surface area (TPSA) is 86.9 Å². The van der Waals surface area contributed by atoms with E-state index in [0.717, 1.165) is 20.2 Å². The van der Waals surface area contributed by atoms with E-state index in [1.165, 1.54) is 0 Å². The number of hydrogen-bond donors (Lipinski definition) is 2. The Morgan fingerprint density at radius 3 is 2.62 bits per heavy atom. The van der Waals surface area contributed by atoms with E-state index >= 15 is 0 Å². The summed E-state index contributed by atoms with van der Waals surface area (Å²) in [5, 5.41) is 0. The molecule has 4 N–H and O–H groups in total. The maximum Gasteiger partial charge on any atom is 0.239 e. The number of nitrogens with zero attached hydrogens (tertiary/aromatic N) is 2. The fraction of sp³-hybridized carbons (Fsp3) is 0.556. The third kappa shape index (κ3) is 2.21. The van der Waals surface area contributed by atoms with Crippen LogP contribution in [0.4, 0.5) is 0 Å². The quantitative estimate of drug-likeness (QED) is 0.668. The molecule has 0 bridgehead atoms. The number of rotatable bonds is 4. The summed E-state index contributed by atoms with van der Waals surface area (Å²) in [5.74, 6) is -0.199. The minimum absolute atomic E-state index is 0.223. The van der Waals surface area contributed by atoms with Crippen LogP contribution in [-0.2, 0) is 11.3 Å². The molecule has 1 amide bonds. The van der Waals surface area contributed by atoms with Crippen LogP contribution in [0, 0.1) is 13.3 Å². The van der Waals surface area contributed by atoms with Crippen molar-refractivity contribution in [2.45, 2.75) is 24.9 Å². The van der Waals surface area contributed by atoms with Gasteiger partial charge in [0.15, 0.2) is 0 Å². The summed E-state index contributed by atoms with van der Waals surface area (Å²) in [7, 11) is 0. The molecule has 1 fully saturated rings. The van der Waals surface area contributed by atoms with E-state index in [1.54, 1.807) is 6.33 Å². The zero-order valence-electron chi connectivity index (χ0n) is 8.49. The maximum absolute atomic E-state index is 11.5. The molecule has 1 aromatic heterocycles. The minimum atomic E-state index is -0.927. The Kier molecular flexibility index (Phi) is 3.46. The first kappa shape index (κ1) is 12.6. The molecule has 1 unspecified atom stereocenters. The molecule has 1 aliphatic carbocycles. The Bertz CT molecular complexity index is 429. The fourth-order valence-corrected chi connectivity index (χ4v) is 2.61. The summed E-state index contributed by atoms with van der Waals surface area (Å²) in [6.45, 7) is 0.418. The lowest BCUT2D eigenvalue weighted by Crippen LogP contribution is -2.56. The van der Waals surface area contributed by atoms with Gasteiger partial charge in [0.25, 0.3) is 0 Å². The molecule has 1 atom stereocenters. The zero-order chi connectivity index (χ0) is 11.9. The lowest BCUT2D eigenvalue weighted by Gasteiger charge is -2.26. The van der Waals surface area contributed by atoms with Gasteiger partial charge in [0, 0.05) is 0 Å². The number of hydrogen-bond acceptors (Lipinski definition) is 3. The highest BCUT2D eigenvalue weighted by molar-refractivity contribution is 14.1. The van der Waals surface area contributed by atoms with Gasteiger partial charge in [0.05, 0.1) is 12.9 Å². The van der Waals surface area contributed by atoms with Crippen molar-refractivity contribution in [3.63, 3.8) is 0 Å². The van der Waals surface area contributed by atoms with Crippen LogP contribution in [0.25, 0.3) is 0 Å². The highest BCUT2D eigenvalue weighted by Crippen LogP contribution is 2.39. The molecule has 0 radical (unpaired) electrons. The van der Waals surface area contributed by atoms with Crippen molar-refractivity contribution in [3.05, 3.63) is 13.7 Å². The van der Waals surface area contributed by atoms with Gasteiger partial charge in [-0.15, -0.1) is 0 Å². The molecule has 5 nitrogen and oxygen atoms in total. The molecular formula is C9H12I2N4O. The fourth-order valence-electron chi connectivity index (χ4n) is 1.74. The Morgan fingerprint density at radius 2 is 2.25 bits per heavy atom. The summed E-state index contributed by atoms with van der Waals surface area (Å²) >= 11 is 4.34. The van der Waals surface area contributed by atoms with Crippen LogP contribution >= 0.6 is 45.2 Å². The second-order valence-corrected chi connectivity index (χ2v) is 6.18. The molecule has 7 heteroatoms. The number of carbonyl (C=O) groups excluding carboxylic acids is 1. The van der Waals surface area contributed by atoms with Gasteiger partial charge in [0.2, 0.25) is 5.91 Å². The second-order valence-electron chi connectivity index (χ2n) is 4.13.